The van der Waals surface area contributed by atoms with E-state index in [1.54, 1.807) is 0 Å². The fourth-order valence-electron chi connectivity index (χ4n) is 5.54. The molecule has 1 heterocycles. The van der Waals surface area contributed by atoms with Crippen molar-refractivity contribution in [2.24, 2.45) is 0 Å². The first-order valence-electron chi connectivity index (χ1n) is 12.5. The zero-order valence-corrected chi connectivity index (χ0v) is 21.1. The normalized spacial score (nSPS) is 20.7. The smallest absolute Gasteiger partial charge is 0.339 e. The van der Waals surface area contributed by atoms with Crippen molar-refractivity contribution in [1.82, 2.24) is 5.06 Å². The highest BCUT2D eigenvalue weighted by atomic mass is 16.7. The standard InChI is InChI=1S/C30H37NO3/c1-6-30(7-2)27(33-28(32)26-19-13-17-24-16-11-12-18-25(24)26)20-21-29(4,5)31(30)34-22(3)23-14-9-8-10-15-23/h8-19,22,27H,6-7,20-21H2,1-5H3. The van der Waals surface area contributed by atoms with Crippen molar-refractivity contribution in [3.05, 3.63) is 83.9 Å². The minimum absolute atomic E-state index is 0.106. The van der Waals surface area contributed by atoms with E-state index < -0.39 is 5.54 Å². The summed E-state index contributed by atoms with van der Waals surface area (Å²) in [5.74, 6) is -0.260. The number of nitrogens with zero attached hydrogens (tertiary/aromatic N) is 1. The van der Waals surface area contributed by atoms with Gasteiger partial charge in [-0.15, -0.1) is 0 Å². The Morgan fingerprint density at radius 2 is 1.62 bits per heavy atom. The van der Waals surface area contributed by atoms with Crippen molar-refractivity contribution in [1.29, 1.82) is 0 Å². The van der Waals surface area contributed by atoms with Crippen LogP contribution in [0, 0.1) is 0 Å². The Morgan fingerprint density at radius 1 is 0.971 bits per heavy atom. The van der Waals surface area contributed by atoms with Gasteiger partial charge in [0.1, 0.15) is 12.2 Å². The molecule has 3 aromatic rings. The molecule has 3 aromatic carbocycles. The molecule has 2 unspecified atom stereocenters. The minimum Gasteiger partial charge on any atom is -0.457 e. The maximum atomic E-state index is 13.5. The summed E-state index contributed by atoms with van der Waals surface area (Å²) < 4.78 is 6.33. The van der Waals surface area contributed by atoms with E-state index in [0.29, 0.717) is 5.56 Å². The second-order valence-corrected chi connectivity index (χ2v) is 10.0. The van der Waals surface area contributed by atoms with Gasteiger partial charge in [-0.1, -0.05) is 80.6 Å². The van der Waals surface area contributed by atoms with Crippen LogP contribution in [0.5, 0.6) is 0 Å². The highest BCUT2D eigenvalue weighted by Gasteiger charge is 2.54. The van der Waals surface area contributed by atoms with Gasteiger partial charge in [0.15, 0.2) is 0 Å². The summed E-state index contributed by atoms with van der Waals surface area (Å²) in [5, 5.41) is 4.14. The van der Waals surface area contributed by atoms with E-state index in [-0.39, 0.29) is 23.7 Å². The van der Waals surface area contributed by atoms with Crippen LogP contribution in [0.3, 0.4) is 0 Å². The summed E-state index contributed by atoms with van der Waals surface area (Å²) in [4.78, 5) is 20.2. The lowest BCUT2D eigenvalue weighted by Gasteiger charge is -2.57. The molecule has 0 spiro atoms. The lowest BCUT2D eigenvalue weighted by Crippen LogP contribution is -2.67. The van der Waals surface area contributed by atoms with Crippen molar-refractivity contribution >= 4 is 16.7 Å². The van der Waals surface area contributed by atoms with Crippen LogP contribution in [0.4, 0.5) is 0 Å². The van der Waals surface area contributed by atoms with Crippen LogP contribution in [-0.4, -0.2) is 28.2 Å². The molecule has 0 N–H and O–H groups in total. The van der Waals surface area contributed by atoms with Gasteiger partial charge >= 0.3 is 5.97 Å². The first kappa shape index (κ1) is 24.4. The quantitative estimate of drug-likeness (QED) is 0.343. The van der Waals surface area contributed by atoms with Gasteiger partial charge in [0, 0.05) is 5.54 Å². The topological polar surface area (TPSA) is 38.8 Å². The molecule has 4 heteroatoms. The predicted molar refractivity (Wildman–Crippen MR) is 138 cm³/mol. The minimum atomic E-state index is -0.412. The predicted octanol–water partition coefficient (Wildman–Crippen LogP) is 7.49. The third-order valence-corrected chi connectivity index (χ3v) is 7.59. The molecule has 0 aromatic heterocycles. The maximum absolute atomic E-state index is 13.5. The molecule has 4 rings (SSSR count). The van der Waals surface area contributed by atoms with Crippen LogP contribution in [0.25, 0.3) is 10.8 Å². The largest absolute Gasteiger partial charge is 0.457 e. The van der Waals surface area contributed by atoms with E-state index in [1.165, 1.54) is 0 Å². The van der Waals surface area contributed by atoms with Crippen LogP contribution >= 0.6 is 0 Å². The second-order valence-electron chi connectivity index (χ2n) is 10.0. The Labute approximate surface area is 203 Å². The monoisotopic (exact) mass is 459 g/mol. The number of ether oxygens (including phenoxy) is 1. The van der Waals surface area contributed by atoms with Gasteiger partial charge < -0.3 is 4.74 Å². The van der Waals surface area contributed by atoms with Crippen molar-refractivity contribution in [3.8, 4) is 0 Å². The van der Waals surface area contributed by atoms with Crippen molar-refractivity contribution in [2.75, 3.05) is 0 Å². The Kier molecular flexibility index (Phi) is 7.11. The van der Waals surface area contributed by atoms with Crippen molar-refractivity contribution < 1.29 is 14.4 Å². The fraction of sp³-hybridized carbons (Fsp3) is 0.433. The van der Waals surface area contributed by atoms with Gasteiger partial charge in [-0.25, -0.2) is 4.79 Å². The molecule has 1 fully saturated rings. The number of hydrogen-bond donors (Lipinski definition) is 0. The molecule has 34 heavy (non-hydrogen) atoms. The molecular formula is C30H37NO3. The molecule has 0 aliphatic carbocycles. The fourth-order valence-corrected chi connectivity index (χ4v) is 5.54. The number of hydroxylamine groups is 2. The van der Waals surface area contributed by atoms with E-state index in [4.69, 9.17) is 9.57 Å². The summed E-state index contributed by atoms with van der Waals surface area (Å²) in [6.07, 6.45) is 2.97. The molecular weight excluding hydrogens is 422 g/mol. The Morgan fingerprint density at radius 3 is 2.32 bits per heavy atom. The van der Waals surface area contributed by atoms with E-state index in [1.807, 2.05) is 60.7 Å². The lowest BCUT2D eigenvalue weighted by molar-refractivity contribution is -0.332. The third-order valence-electron chi connectivity index (χ3n) is 7.59. The number of carbonyl (C=O) groups is 1. The number of esters is 1. The molecule has 1 aliphatic heterocycles. The van der Waals surface area contributed by atoms with Gasteiger partial charge in [0.2, 0.25) is 0 Å². The van der Waals surface area contributed by atoms with Crippen LogP contribution < -0.4 is 0 Å². The van der Waals surface area contributed by atoms with Crippen LogP contribution in [0.2, 0.25) is 0 Å². The summed E-state index contributed by atoms with van der Waals surface area (Å²) in [6.45, 7) is 10.9. The van der Waals surface area contributed by atoms with Gasteiger partial charge in [0.25, 0.3) is 0 Å². The van der Waals surface area contributed by atoms with Gasteiger partial charge in [-0.05, 0) is 68.9 Å². The van der Waals surface area contributed by atoms with Crippen molar-refractivity contribution in [2.45, 2.75) is 83.6 Å². The number of benzene rings is 3. The maximum Gasteiger partial charge on any atom is 0.339 e. The molecule has 2 atom stereocenters. The van der Waals surface area contributed by atoms with Gasteiger partial charge in [-0.2, -0.15) is 5.06 Å². The molecule has 4 nitrogen and oxygen atoms in total. The first-order valence-corrected chi connectivity index (χ1v) is 12.5. The molecule has 180 valence electrons. The number of carbonyl (C=O) groups excluding carboxylic acids is 1. The van der Waals surface area contributed by atoms with E-state index in [2.05, 4.69) is 51.8 Å². The van der Waals surface area contributed by atoms with E-state index in [0.717, 1.165) is 42.0 Å². The number of fused-ring (bicyclic) bond motifs is 1. The summed E-state index contributed by atoms with van der Waals surface area (Å²) >= 11 is 0. The highest BCUT2D eigenvalue weighted by Crippen LogP contribution is 2.46. The Bertz CT molecular complexity index is 1110. The molecule has 0 amide bonds. The third kappa shape index (κ3) is 4.49. The molecule has 1 saturated heterocycles. The highest BCUT2D eigenvalue weighted by molar-refractivity contribution is 6.04. The molecule has 1 aliphatic rings. The summed E-state index contributed by atoms with van der Waals surface area (Å²) in [6, 6.07) is 24.1. The van der Waals surface area contributed by atoms with Crippen LogP contribution in [-0.2, 0) is 9.57 Å². The van der Waals surface area contributed by atoms with Crippen LogP contribution in [0.1, 0.15) is 82.3 Å². The average Bonchev–Trinajstić information content (AvgIpc) is 2.86. The second kappa shape index (κ2) is 9.89. The molecule has 0 saturated carbocycles. The van der Waals surface area contributed by atoms with Gasteiger partial charge in [0.05, 0.1) is 11.1 Å². The number of piperidine rings is 1. The Balaban J connectivity index is 1.65. The molecule has 0 bridgehead atoms. The average molecular weight is 460 g/mol. The van der Waals surface area contributed by atoms with E-state index in [9.17, 15) is 4.79 Å². The summed E-state index contributed by atoms with van der Waals surface area (Å²) in [7, 11) is 0. The SMILES string of the molecule is CCC1(CC)C(OC(=O)c2cccc3ccccc23)CCC(C)(C)N1OC(C)c1ccccc1. The summed E-state index contributed by atoms with van der Waals surface area (Å²) in [5.41, 5.74) is 1.16. The number of rotatable bonds is 7. The molecule has 0 radical (unpaired) electrons. The first-order chi connectivity index (χ1) is 16.3. The van der Waals surface area contributed by atoms with Crippen LogP contribution in [0.15, 0.2) is 72.8 Å². The zero-order chi connectivity index (χ0) is 24.3. The lowest BCUT2D eigenvalue weighted by atomic mass is 9.74. The van der Waals surface area contributed by atoms with E-state index >= 15 is 0 Å². The number of hydrogen-bond acceptors (Lipinski definition) is 4. The Hall–Kier alpha value is -2.69. The zero-order valence-electron chi connectivity index (χ0n) is 21.1. The van der Waals surface area contributed by atoms with Crippen molar-refractivity contribution in [3.63, 3.8) is 0 Å². The van der Waals surface area contributed by atoms with Gasteiger partial charge in [-0.3, -0.25) is 4.84 Å².